The van der Waals surface area contributed by atoms with Crippen LogP contribution in [0.3, 0.4) is 0 Å². The van der Waals surface area contributed by atoms with Crippen LogP contribution in [0.2, 0.25) is 0 Å². The Morgan fingerprint density at radius 3 is 1.00 bits per heavy atom. The van der Waals surface area contributed by atoms with E-state index in [0.717, 1.165) is 0 Å². The van der Waals surface area contributed by atoms with E-state index in [4.69, 9.17) is 15.1 Å². The van der Waals surface area contributed by atoms with Crippen molar-refractivity contribution in [1.82, 2.24) is 0 Å². The molecule has 0 aromatic carbocycles. The average molecular weight is 236 g/mol. The van der Waals surface area contributed by atoms with Crippen LogP contribution in [0.1, 0.15) is 0 Å². The molecule has 0 radical (unpaired) electrons. The van der Waals surface area contributed by atoms with Gasteiger partial charge in [0, 0.05) is 0 Å². The number of hydrogen-bond acceptors (Lipinski definition) is 4. The molecule has 0 heterocycles. The third-order valence-corrected chi connectivity index (χ3v) is 0.595. The first-order valence-electron chi connectivity index (χ1n) is 2.72. The van der Waals surface area contributed by atoms with E-state index in [1.807, 2.05) is 0 Å². The molecule has 0 atom stereocenters. The summed E-state index contributed by atoms with van der Waals surface area (Å²) in [6.45, 7) is 0. The van der Waals surface area contributed by atoms with Crippen molar-refractivity contribution in [3.63, 3.8) is 0 Å². The maximum absolute atomic E-state index is 10.9. The van der Waals surface area contributed by atoms with E-state index >= 15 is 0 Å². The SMILES string of the molecule is OB(O)O.[Li+].[O-]C(C(F)(F)F)C(F)(F)F. The van der Waals surface area contributed by atoms with Gasteiger partial charge in [-0.2, -0.15) is 26.3 Å². The minimum atomic E-state index is -5.74. The Morgan fingerprint density at radius 1 is 0.867 bits per heavy atom. The summed E-state index contributed by atoms with van der Waals surface area (Å²) in [7, 11) is -2.17. The van der Waals surface area contributed by atoms with E-state index in [1.54, 1.807) is 0 Å². The van der Waals surface area contributed by atoms with Crippen molar-refractivity contribution in [3.05, 3.63) is 0 Å². The standard InChI is InChI=1S/C3HF6O.BH3O3.Li/c4-2(5,6)1(10)3(7,8)9;2-1(3)4;/h1H;2-4H;/q-1;;+1. The van der Waals surface area contributed by atoms with Gasteiger partial charge in [-0.3, -0.25) is 0 Å². The molecule has 12 heteroatoms. The Labute approximate surface area is 91.9 Å². The molecule has 0 aliphatic carbocycles. The van der Waals surface area contributed by atoms with Gasteiger partial charge < -0.3 is 20.2 Å². The van der Waals surface area contributed by atoms with Gasteiger partial charge in [-0.15, -0.1) is 0 Å². The maximum atomic E-state index is 10.9. The van der Waals surface area contributed by atoms with Crippen LogP contribution < -0.4 is 24.0 Å². The van der Waals surface area contributed by atoms with Crippen molar-refractivity contribution >= 4 is 7.32 Å². The van der Waals surface area contributed by atoms with Gasteiger partial charge >= 0.3 is 38.5 Å². The molecule has 0 saturated carbocycles. The molecule has 0 aliphatic rings. The van der Waals surface area contributed by atoms with Crippen LogP contribution in [0.15, 0.2) is 0 Å². The second-order valence-electron chi connectivity index (χ2n) is 1.81. The Morgan fingerprint density at radius 2 is 1.00 bits per heavy atom. The van der Waals surface area contributed by atoms with Crippen LogP contribution >= 0.6 is 0 Å². The first-order chi connectivity index (χ1) is 5.89. The zero-order valence-electron chi connectivity index (χ0n) is 7.17. The van der Waals surface area contributed by atoms with Gasteiger partial charge in [0.15, 0.2) is 0 Å². The van der Waals surface area contributed by atoms with Gasteiger partial charge in [-0.05, 0) is 0 Å². The van der Waals surface area contributed by atoms with E-state index in [9.17, 15) is 31.4 Å². The average Bonchev–Trinajstić information content (AvgIpc) is 1.80. The molecule has 4 nitrogen and oxygen atoms in total. The number of rotatable bonds is 0. The van der Waals surface area contributed by atoms with Crippen molar-refractivity contribution in [2.45, 2.75) is 18.5 Å². The molecule has 15 heavy (non-hydrogen) atoms. The zero-order chi connectivity index (χ0) is 12.2. The van der Waals surface area contributed by atoms with Gasteiger partial charge in [-0.1, -0.05) is 0 Å². The summed E-state index contributed by atoms with van der Waals surface area (Å²) in [4.78, 5) is 0. The van der Waals surface area contributed by atoms with Crippen molar-refractivity contribution < 1.29 is 65.4 Å². The number of halogens is 6. The molecule has 0 aliphatic heterocycles. The molecular formula is C3H4BF6LiO4. The fraction of sp³-hybridized carbons (Fsp3) is 1.00. The molecule has 0 amide bonds. The second kappa shape index (κ2) is 7.37. The van der Waals surface area contributed by atoms with Crippen molar-refractivity contribution in [3.8, 4) is 0 Å². The fourth-order valence-electron chi connectivity index (χ4n) is 0.186. The van der Waals surface area contributed by atoms with E-state index in [0.29, 0.717) is 0 Å². The predicted octanol–water partition coefficient (Wildman–Crippen LogP) is -4.21. The summed E-state index contributed by atoms with van der Waals surface area (Å²) in [5, 5.41) is 30.8. The van der Waals surface area contributed by atoms with Gasteiger partial charge in [0.2, 0.25) is 0 Å². The Kier molecular flexibility index (Phi) is 10.1. The molecular weight excluding hydrogens is 232 g/mol. The third kappa shape index (κ3) is 14.1. The number of alkyl halides is 6. The predicted molar refractivity (Wildman–Crippen MR) is 28.3 cm³/mol. The second-order valence-corrected chi connectivity index (χ2v) is 1.81. The first kappa shape index (κ1) is 20.5. The van der Waals surface area contributed by atoms with Gasteiger partial charge in [-0.25, -0.2) is 0 Å². The van der Waals surface area contributed by atoms with Crippen LogP contribution in [0.4, 0.5) is 26.3 Å². The van der Waals surface area contributed by atoms with Crippen molar-refractivity contribution in [2.24, 2.45) is 0 Å². The molecule has 0 bridgehead atoms. The summed E-state index contributed by atoms with van der Waals surface area (Å²) >= 11 is 0. The Bertz CT molecular complexity index is 143. The number of hydrogen-bond donors (Lipinski definition) is 3. The largest absolute Gasteiger partial charge is 1.00 e. The zero-order valence-corrected chi connectivity index (χ0v) is 7.17. The Hall–Kier alpha value is 0.0823. The topological polar surface area (TPSA) is 83.8 Å². The quantitative estimate of drug-likeness (QED) is 0.294. The molecule has 0 spiro atoms. The van der Waals surface area contributed by atoms with Crippen LogP contribution in [0.5, 0.6) is 0 Å². The molecule has 0 saturated heterocycles. The minimum Gasteiger partial charge on any atom is -0.839 e. The summed E-state index contributed by atoms with van der Waals surface area (Å²) in [5.74, 6) is 0. The molecule has 86 valence electrons. The van der Waals surface area contributed by atoms with Crippen molar-refractivity contribution in [2.75, 3.05) is 0 Å². The first-order valence-corrected chi connectivity index (χ1v) is 2.72. The van der Waals surface area contributed by atoms with Crippen molar-refractivity contribution in [1.29, 1.82) is 0 Å². The smallest absolute Gasteiger partial charge is 0.839 e. The van der Waals surface area contributed by atoms with Gasteiger partial charge in [0.25, 0.3) is 0 Å². The maximum Gasteiger partial charge on any atom is 1.00 e. The Balaban J connectivity index is -0.000000249. The molecule has 0 rings (SSSR count). The molecule has 0 unspecified atom stereocenters. The van der Waals surface area contributed by atoms with E-state index in [-0.39, 0.29) is 18.9 Å². The van der Waals surface area contributed by atoms with E-state index in [2.05, 4.69) is 0 Å². The monoisotopic (exact) mass is 236 g/mol. The molecule has 0 fully saturated rings. The van der Waals surface area contributed by atoms with E-state index in [1.165, 1.54) is 0 Å². The van der Waals surface area contributed by atoms with Gasteiger partial charge in [0.1, 0.15) is 0 Å². The molecule has 0 aromatic heterocycles. The summed E-state index contributed by atoms with van der Waals surface area (Å²) in [6, 6.07) is 0. The molecule has 3 N–H and O–H groups in total. The van der Waals surface area contributed by atoms with Crippen LogP contribution in [-0.2, 0) is 0 Å². The minimum absolute atomic E-state index is 0. The molecule has 0 aromatic rings. The third-order valence-electron chi connectivity index (χ3n) is 0.595. The van der Waals surface area contributed by atoms with Crippen LogP contribution in [0.25, 0.3) is 0 Å². The summed E-state index contributed by atoms with van der Waals surface area (Å²) < 4.78 is 65.5. The van der Waals surface area contributed by atoms with E-state index < -0.39 is 25.8 Å². The fourth-order valence-corrected chi connectivity index (χ4v) is 0.186. The van der Waals surface area contributed by atoms with Gasteiger partial charge in [0.05, 0.1) is 6.10 Å². The normalized spacial score (nSPS) is 11.4. The summed E-state index contributed by atoms with van der Waals surface area (Å²) in [5.41, 5.74) is 0. The van der Waals surface area contributed by atoms with Crippen LogP contribution in [0, 0.1) is 0 Å². The summed E-state index contributed by atoms with van der Waals surface area (Å²) in [6.07, 6.45) is -16.0. The van der Waals surface area contributed by atoms with Crippen LogP contribution in [-0.4, -0.2) is 40.8 Å².